The van der Waals surface area contributed by atoms with Gasteiger partial charge in [-0.2, -0.15) is 0 Å². The average Bonchev–Trinajstić information content (AvgIpc) is 2.75. The molecule has 17 heavy (non-hydrogen) atoms. The quantitative estimate of drug-likeness (QED) is 0.596. The lowest BCUT2D eigenvalue weighted by Gasteiger charge is -2.16. The standard InChI is InChI=1S/C12H13NO4/c1-12(16-7-8-17-12)6-5-10-3-2-4-11(9-10)13(14)15/h2-6,9H,7-8H2,1H3. The molecule has 0 N–H and O–H groups in total. The van der Waals surface area contributed by atoms with Gasteiger partial charge in [0.25, 0.3) is 5.69 Å². The van der Waals surface area contributed by atoms with Gasteiger partial charge in [-0.3, -0.25) is 10.1 Å². The van der Waals surface area contributed by atoms with E-state index in [1.165, 1.54) is 12.1 Å². The Balaban J connectivity index is 2.15. The summed E-state index contributed by atoms with van der Waals surface area (Å²) in [5, 5.41) is 10.6. The fraction of sp³-hybridized carbons (Fsp3) is 0.333. The summed E-state index contributed by atoms with van der Waals surface area (Å²) in [6, 6.07) is 6.41. The van der Waals surface area contributed by atoms with Gasteiger partial charge < -0.3 is 9.47 Å². The predicted molar refractivity (Wildman–Crippen MR) is 62.4 cm³/mol. The van der Waals surface area contributed by atoms with Crippen LogP contribution < -0.4 is 0 Å². The Bertz CT molecular complexity index is 450. The van der Waals surface area contributed by atoms with E-state index in [1.54, 1.807) is 24.3 Å². The van der Waals surface area contributed by atoms with Crippen LogP contribution in [0.1, 0.15) is 12.5 Å². The summed E-state index contributed by atoms with van der Waals surface area (Å²) in [6.07, 6.45) is 3.53. The van der Waals surface area contributed by atoms with Gasteiger partial charge in [0.2, 0.25) is 0 Å². The molecule has 1 heterocycles. The summed E-state index contributed by atoms with van der Waals surface area (Å²) >= 11 is 0. The third-order valence-corrected chi connectivity index (χ3v) is 2.52. The molecule has 0 unspecified atom stereocenters. The third-order valence-electron chi connectivity index (χ3n) is 2.52. The Hall–Kier alpha value is -1.72. The number of hydrogen-bond acceptors (Lipinski definition) is 4. The lowest BCUT2D eigenvalue weighted by atomic mass is 10.1. The highest BCUT2D eigenvalue weighted by Gasteiger charge is 2.27. The van der Waals surface area contributed by atoms with E-state index in [4.69, 9.17) is 9.47 Å². The molecule has 1 aliphatic rings. The number of rotatable bonds is 3. The molecular weight excluding hydrogens is 222 g/mol. The number of nitro benzene ring substituents is 1. The molecule has 1 aromatic carbocycles. The molecule has 0 bridgehead atoms. The van der Waals surface area contributed by atoms with Crippen molar-refractivity contribution in [1.29, 1.82) is 0 Å². The van der Waals surface area contributed by atoms with Crippen LogP contribution in [-0.4, -0.2) is 23.9 Å². The molecule has 1 fully saturated rings. The maximum atomic E-state index is 10.6. The molecule has 1 aromatic rings. The van der Waals surface area contributed by atoms with Gasteiger partial charge in [-0.1, -0.05) is 18.2 Å². The first kappa shape index (κ1) is 11.8. The molecule has 90 valence electrons. The van der Waals surface area contributed by atoms with E-state index in [2.05, 4.69) is 0 Å². The molecule has 0 atom stereocenters. The molecule has 0 spiro atoms. The van der Waals surface area contributed by atoms with Crippen LogP contribution in [0, 0.1) is 10.1 Å². The zero-order valence-corrected chi connectivity index (χ0v) is 9.46. The summed E-state index contributed by atoms with van der Waals surface area (Å²) in [5.41, 5.74) is 0.824. The van der Waals surface area contributed by atoms with E-state index >= 15 is 0 Å². The van der Waals surface area contributed by atoms with Crippen LogP contribution in [0.15, 0.2) is 30.3 Å². The van der Waals surface area contributed by atoms with Gasteiger partial charge in [0, 0.05) is 12.1 Å². The van der Waals surface area contributed by atoms with Crippen molar-refractivity contribution in [3.63, 3.8) is 0 Å². The van der Waals surface area contributed by atoms with Crippen LogP contribution in [0.25, 0.3) is 6.08 Å². The van der Waals surface area contributed by atoms with Gasteiger partial charge in [0.05, 0.1) is 18.1 Å². The monoisotopic (exact) mass is 235 g/mol. The highest BCUT2D eigenvalue weighted by molar-refractivity contribution is 5.54. The SMILES string of the molecule is CC1(C=Cc2cccc([N+](=O)[O-])c2)OCCO1. The number of hydrogen-bond donors (Lipinski definition) is 0. The first-order valence-corrected chi connectivity index (χ1v) is 5.31. The average molecular weight is 235 g/mol. The number of non-ortho nitro benzene ring substituents is 1. The number of benzene rings is 1. The summed E-state index contributed by atoms with van der Waals surface area (Å²) in [5.74, 6) is -0.718. The van der Waals surface area contributed by atoms with Crippen molar-refractivity contribution in [2.24, 2.45) is 0 Å². The van der Waals surface area contributed by atoms with Crippen LogP contribution in [0.3, 0.4) is 0 Å². The predicted octanol–water partition coefficient (Wildman–Crippen LogP) is 2.37. The van der Waals surface area contributed by atoms with E-state index in [9.17, 15) is 10.1 Å². The van der Waals surface area contributed by atoms with E-state index in [0.717, 1.165) is 5.56 Å². The Morgan fingerprint density at radius 3 is 2.76 bits per heavy atom. The molecule has 1 saturated heterocycles. The molecule has 5 heteroatoms. The summed E-state index contributed by atoms with van der Waals surface area (Å²) in [6.45, 7) is 2.94. The van der Waals surface area contributed by atoms with Gasteiger partial charge >= 0.3 is 0 Å². The van der Waals surface area contributed by atoms with Gasteiger partial charge in [-0.05, 0) is 18.6 Å². The van der Waals surface area contributed by atoms with Crippen LogP contribution in [-0.2, 0) is 9.47 Å². The van der Waals surface area contributed by atoms with Crippen molar-refractivity contribution in [3.05, 3.63) is 46.0 Å². The maximum Gasteiger partial charge on any atom is 0.270 e. The first-order valence-electron chi connectivity index (χ1n) is 5.31. The third kappa shape index (κ3) is 2.89. The Labute approximate surface area is 98.8 Å². The van der Waals surface area contributed by atoms with Gasteiger partial charge in [0.1, 0.15) is 0 Å². The van der Waals surface area contributed by atoms with Gasteiger partial charge in [-0.25, -0.2) is 0 Å². The Kier molecular flexibility index (Phi) is 3.21. The minimum atomic E-state index is -0.718. The molecule has 5 nitrogen and oxygen atoms in total. The van der Waals surface area contributed by atoms with Crippen molar-refractivity contribution < 1.29 is 14.4 Å². The van der Waals surface area contributed by atoms with Crippen LogP contribution >= 0.6 is 0 Å². The van der Waals surface area contributed by atoms with E-state index in [0.29, 0.717) is 13.2 Å². The molecule has 0 aliphatic carbocycles. The lowest BCUT2D eigenvalue weighted by Crippen LogP contribution is -2.21. The summed E-state index contributed by atoms with van der Waals surface area (Å²) in [4.78, 5) is 10.2. The minimum absolute atomic E-state index is 0.0746. The zero-order valence-electron chi connectivity index (χ0n) is 9.46. The second-order valence-electron chi connectivity index (χ2n) is 3.90. The van der Waals surface area contributed by atoms with Gasteiger partial charge in [0.15, 0.2) is 5.79 Å². The fourth-order valence-electron chi connectivity index (χ4n) is 1.62. The normalized spacial score (nSPS) is 18.6. The van der Waals surface area contributed by atoms with Crippen LogP contribution in [0.4, 0.5) is 5.69 Å². The Morgan fingerprint density at radius 2 is 2.12 bits per heavy atom. The van der Waals surface area contributed by atoms with Crippen molar-refractivity contribution in [2.75, 3.05) is 13.2 Å². The molecule has 0 aromatic heterocycles. The summed E-state index contributed by atoms with van der Waals surface area (Å²) in [7, 11) is 0. The van der Waals surface area contributed by atoms with Crippen LogP contribution in [0.2, 0.25) is 0 Å². The Morgan fingerprint density at radius 1 is 1.41 bits per heavy atom. The molecule has 1 aliphatic heterocycles. The highest BCUT2D eigenvalue weighted by Crippen LogP contribution is 2.22. The van der Waals surface area contributed by atoms with Crippen molar-refractivity contribution in [2.45, 2.75) is 12.7 Å². The van der Waals surface area contributed by atoms with Crippen molar-refractivity contribution in [3.8, 4) is 0 Å². The molecule has 0 amide bonds. The highest BCUT2D eigenvalue weighted by atomic mass is 16.7. The van der Waals surface area contributed by atoms with Crippen molar-refractivity contribution >= 4 is 11.8 Å². The second kappa shape index (κ2) is 4.65. The van der Waals surface area contributed by atoms with E-state index in [1.807, 2.05) is 6.92 Å². The van der Waals surface area contributed by atoms with E-state index < -0.39 is 10.7 Å². The minimum Gasteiger partial charge on any atom is -0.344 e. The van der Waals surface area contributed by atoms with Crippen molar-refractivity contribution in [1.82, 2.24) is 0 Å². The number of nitrogens with zero attached hydrogens (tertiary/aromatic N) is 1. The molecule has 0 saturated carbocycles. The van der Waals surface area contributed by atoms with Gasteiger partial charge in [-0.15, -0.1) is 0 Å². The second-order valence-corrected chi connectivity index (χ2v) is 3.90. The maximum absolute atomic E-state index is 10.6. The smallest absolute Gasteiger partial charge is 0.270 e. The van der Waals surface area contributed by atoms with Crippen LogP contribution in [0.5, 0.6) is 0 Å². The first-order chi connectivity index (χ1) is 8.09. The molecule has 2 rings (SSSR count). The number of nitro groups is 1. The summed E-state index contributed by atoms with van der Waals surface area (Å²) < 4.78 is 10.8. The molecule has 0 radical (unpaired) electrons. The topological polar surface area (TPSA) is 61.6 Å². The fourth-order valence-corrected chi connectivity index (χ4v) is 1.62. The molecular formula is C12H13NO4. The largest absolute Gasteiger partial charge is 0.344 e. The zero-order chi connectivity index (χ0) is 12.3. The number of ether oxygens (including phenoxy) is 2. The van der Waals surface area contributed by atoms with E-state index in [-0.39, 0.29) is 5.69 Å². The lowest BCUT2D eigenvalue weighted by molar-refractivity contribution is -0.384.